The van der Waals surface area contributed by atoms with Crippen LogP contribution in [0.1, 0.15) is 25.3 Å². The molecule has 1 aromatic rings. The number of benzene rings is 1. The summed E-state index contributed by atoms with van der Waals surface area (Å²) < 4.78 is 28.7. The van der Waals surface area contributed by atoms with Crippen molar-refractivity contribution < 1.29 is 13.2 Å². The standard InChI is InChI=1S/C16H25NO3S/c1-3-9-17-15(8-10-21(2,18)19)14-11-13-6-4-5-7-16(13)20-12-14/h4-7,14-15,17H,3,8-12H2,1-2H3. The summed E-state index contributed by atoms with van der Waals surface area (Å²) in [5, 5.41) is 3.50. The number of hydrogen-bond acceptors (Lipinski definition) is 4. The van der Waals surface area contributed by atoms with Gasteiger partial charge in [-0.15, -0.1) is 0 Å². The molecule has 0 saturated carbocycles. The molecule has 118 valence electrons. The average Bonchev–Trinajstić information content (AvgIpc) is 2.46. The molecule has 4 nitrogen and oxygen atoms in total. The van der Waals surface area contributed by atoms with E-state index >= 15 is 0 Å². The van der Waals surface area contributed by atoms with Crippen molar-refractivity contribution in [3.05, 3.63) is 29.8 Å². The summed E-state index contributed by atoms with van der Waals surface area (Å²) in [4.78, 5) is 0. The summed E-state index contributed by atoms with van der Waals surface area (Å²) in [5.41, 5.74) is 1.22. The molecule has 0 spiro atoms. The van der Waals surface area contributed by atoms with E-state index < -0.39 is 9.84 Å². The third kappa shape index (κ3) is 5.00. The second-order valence-corrected chi connectivity index (χ2v) is 8.12. The van der Waals surface area contributed by atoms with Crippen LogP contribution in [0.3, 0.4) is 0 Å². The zero-order valence-electron chi connectivity index (χ0n) is 12.8. The van der Waals surface area contributed by atoms with Gasteiger partial charge in [-0.25, -0.2) is 8.42 Å². The predicted octanol–water partition coefficient (Wildman–Crippen LogP) is 2.04. The van der Waals surface area contributed by atoms with Gasteiger partial charge in [0, 0.05) is 18.2 Å². The molecule has 21 heavy (non-hydrogen) atoms. The summed E-state index contributed by atoms with van der Waals surface area (Å²) in [7, 11) is -2.92. The molecule has 1 aliphatic heterocycles. The van der Waals surface area contributed by atoms with Gasteiger partial charge in [-0.3, -0.25) is 0 Å². The van der Waals surface area contributed by atoms with Crippen LogP contribution in [-0.4, -0.2) is 39.6 Å². The molecular weight excluding hydrogens is 286 g/mol. The summed E-state index contributed by atoms with van der Waals surface area (Å²) in [5.74, 6) is 1.52. The first kappa shape index (κ1) is 16.3. The van der Waals surface area contributed by atoms with Crippen LogP contribution in [0.5, 0.6) is 5.75 Å². The number of nitrogens with one attached hydrogen (secondary N) is 1. The zero-order chi connectivity index (χ0) is 15.3. The second-order valence-electron chi connectivity index (χ2n) is 5.86. The van der Waals surface area contributed by atoms with Crippen LogP contribution in [0.15, 0.2) is 24.3 Å². The first-order valence-corrected chi connectivity index (χ1v) is 9.67. The number of sulfone groups is 1. The van der Waals surface area contributed by atoms with E-state index in [2.05, 4.69) is 18.3 Å². The van der Waals surface area contributed by atoms with Crippen molar-refractivity contribution >= 4 is 9.84 Å². The molecule has 0 aromatic heterocycles. The van der Waals surface area contributed by atoms with Crippen molar-refractivity contribution in [1.29, 1.82) is 0 Å². The molecule has 1 aromatic carbocycles. The minimum Gasteiger partial charge on any atom is -0.493 e. The molecule has 0 radical (unpaired) electrons. The molecule has 1 aliphatic rings. The van der Waals surface area contributed by atoms with Crippen LogP contribution in [0, 0.1) is 5.92 Å². The first-order chi connectivity index (χ1) is 9.99. The number of fused-ring (bicyclic) bond motifs is 1. The van der Waals surface area contributed by atoms with Crippen LogP contribution in [0.25, 0.3) is 0 Å². The van der Waals surface area contributed by atoms with E-state index in [0.29, 0.717) is 18.9 Å². The van der Waals surface area contributed by atoms with Crippen molar-refractivity contribution in [3.63, 3.8) is 0 Å². The molecular formula is C16H25NO3S. The Morgan fingerprint density at radius 2 is 2.14 bits per heavy atom. The Hall–Kier alpha value is -1.07. The van der Waals surface area contributed by atoms with Crippen LogP contribution in [0.4, 0.5) is 0 Å². The minimum atomic E-state index is -2.92. The SMILES string of the molecule is CCCNC(CCS(C)(=O)=O)C1COc2ccccc2C1. The van der Waals surface area contributed by atoms with Gasteiger partial charge >= 0.3 is 0 Å². The van der Waals surface area contributed by atoms with Gasteiger partial charge in [0.05, 0.1) is 12.4 Å². The highest BCUT2D eigenvalue weighted by Crippen LogP contribution is 2.29. The summed E-state index contributed by atoms with van der Waals surface area (Å²) in [6, 6.07) is 8.28. The highest BCUT2D eigenvalue weighted by molar-refractivity contribution is 7.90. The summed E-state index contributed by atoms with van der Waals surface area (Å²) in [6.07, 6.45) is 3.94. The van der Waals surface area contributed by atoms with Crippen molar-refractivity contribution in [1.82, 2.24) is 5.32 Å². The van der Waals surface area contributed by atoms with Crippen LogP contribution >= 0.6 is 0 Å². The third-order valence-corrected chi connectivity index (χ3v) is 4.91. The molecule has 1 heterocycles. The van der Waals surface area contributed by atoms with E-state index in [1.807, 2.05) is 18.2 Å². The molecule has 2 rings (SSSR count). The lowest BCUT2D eigenvalue weighted by Gasteiger charge is -2.32. The number of hydrogen-bond donors (Lipinski definition) is 1. The molecule has 0 aliphatic carbocycles. The molecule has 1 N–H and O–H groups in total. The molecule has 2 unspecified atom stereocenters. The largest absolute Gasteiger partial charge is 0.493 e. The maximum atomic E-state index is 11.4. The van der Waals surface area contributed by atoms with E-state index in [1.54, 1.807) is 0 Å². The zero-order valence-corrected chi connectivity index (χ0v) is 13.7. The minimum absolute atomic E-state index is 0.188. The van der Waals surface area contributed by atoms with Gasteiger partial charge < -0.3 is 10.1 Å². The third-order valence-electron chi connectivity index (χ3n) is 3.93. The lowest BCUT2D eigenvalue weighted by Crippen LogP contribution is -2.43. The monoisotopic (exact) mass is 311 g/mol. The molecule has 2 atom stereocenters. The lowest BCUT2D eigenvalue weighted by atomic mass is 9.89. The summed E-state index contributed by atoms with van der Waals surface area (Å²) in [6.45, 7) is 3.68. The first-order valence-electron chi connectivity index (χ1n) is 7.61. The van der Waals surface area contributed by atoms with E-state index in [0.717, 1.165) is 25.1 Å². The highest BCUT2D eigenvalue weighted by Gasteiger charge is 2.27. The number of rotatable bonds is 7. The fourth-order valence-electron chi connectivity index (χ4n) is 2.79. The molecule has 0 bridgehead atoms. The van der Waals surface area contributed by atoms with Crippen molar-refractivity contribution in [2.24, 2.45) is 5.92 Å². The Morgan fingerprint density at radius 1 is 1.38 bits per heavy atom. The Bertz CT molecular complexity index is 556. The van der Waals surface area contributed by atoms with Gasteiger partial charge in [-0.1, -0.05) is 25.1 Å². The Balaban J connectivity index is 2.03. The van der Waals surface area contributed by atoms with Crippen LogP contribution in [-0.2, 0) is 16.3 Å². The van der Waals surface area contributed by atoms with E-state index in [4.69, 9.17) is 4.74 Å². The van der Waals surface area contributed by atoms with Crippen molar-refractivity contribution in [2.75, 3.05) is 25.2 Å². The predicted molar refractivity (Wildman–Crippen MR) is 85.5 cm³/mol. The Labute approximate surface area is 127 Å². The topological polar surface area (TPSA) is 55.4 Å². The molecule has 0 fully saturated rings. The smallest absolute Gasteiger partial charge is 0.147 e. The highest BCUT2D eigenvalue weighted by atomic mass is 32.2. The van der Waals surface area contributed by atoms with Crippen molar-refractivity contribution in [2.45, 2.75) is 32.2 Å². The van der Waals surface area contributed by atoms with Crippen LogP contribution in [0.2, 0.25) is 0 Å². The lowest BCUT2D eigenvalue weighted by molar-refractivity contribution is 0.182. The summed E-state index contributed by atoms with van der Waals surface area (Å²) >= 11 is 0. The van der Waals surface area contributed by atoms with E-state index in [-0.39, 0.29) is 11.8 Å². The normalized spacial score (nSPS) is 19.6. The fraction of sp³-hybridized carbons (Fsp3) is 0.625. The maximum absolute atomic E-state index is 11.4. The van der Waals surface area contributed by atoms with Gasteiger partial charge in [0.25, 0.3) is 0 Å². The Kier molecular flexibility index (Phi) is 5.65. The van der Waals surface area contributed by atoms with Gasteiger partial charge in [0.15, 0.2) is 0 Å². The van der Waals surface area contributed by atoms with E-state index in [9.17, 15) is 8.42 Å². The van der Waals surface area contributed by atoms with Gasteiger partial charge in [-0.2, -0.15) is 0 Å². The van der Waals surface area contributed by atoms with Crippen molar-refractivity contribution in [3.8, 4) is 5.75 Å². The second kappa shape index (κ2) is 7.27. The van der Waals surface area contributed by atoms with E-state index in [1.165, 1.54) is 11.8 Å². The van der Waals surface area contributed by atoms with Gasteiger partial charge in [0.2, 0.25) is 0 Å². The fourth-order valence-corrected chi connectivity index (χ4v) is 3.47. The molecule has 0 amide bonds. The van der Waals surface area contributed by atoms with Gasteiger partial charge in [-0.05, 0) is 37.4 Å². The quantitative estimate of drug-likeness (QED) is 0.837. The Morgan fingerprint density at radius 3 is 2.86 bits per heavy atom. The molecule has 0 saturated heterocycles. The average molecular weight is 311 g/mol. The number of ether oxygens (including phenoxy) is 1. The molecule has 5 heteroatoms. The van der Waals surface area contributed by atoms with Crippen LogP contribution < -0.4 is 10.1 Å². The number of para-hydroxylation sites is 1. The van der Waals surface area contributed by atoms with Gasteiger partial charge in [0.1, 0.15) is 15.6 Å². The maximum Gasteiger partial charge on any atom is 0.147 e.